The van der Waals surface area contributed by atoms with Gasteiger partial charge in [-0.05, 0) is 75.2 Å². The Morgan fingerprint density at radius 3 is 2.47 bits per heavy atom. The number of benzene rings is 2. The Morgan fingerprint density at radius 2 is 1.84 bits per heavy atom. The van der Waals surface area contributed by atoms with E-state index in [0.29, 0.717) is 72.6 Å². The van der Waals surface area contributed by atoms with Crippen molar-refractivity contribution in [3.63, 3.8) is 0 Å². The van der Waals surface area contributed by atoms with Gasteiger partial charge < -0.3 is 25.0 Å². The number of carbonyl (C=O) groups excluding carboxylic acids is 1. The van der Waals surface area contributed by atoms with E-state index in [1.54, 1.807) is 43.5 Å². The summed E-state index contributed by atoms with van der Waals surface area (Å²) in [6.07, 6.45) is 2.26. The lowest BCUT2D eigenvalue weighted by Gasteiger charge is -2.34. The molecule has 2 aromatic carbocycles. The number of urea groups is 1. The Morgan fingerprint density at radius 1 is 1.11 bits per heavy atom. The van der Waals surface area contributed by atoms with Crippen LogP contribution < -0.4 is 20.3 Å². The number of hydrogen-bond donors (Lipinski definition) is 3. The van der Waals surface area contributed by atoms with E-state index < -0.39 is 27.2 Å². The van der Waals surface area contributed by atoms with E-state index in [1.807, 2.05) is 6.92 Å². The Labute approximate surface area is 258 Å². The normalized spacial score (nSPS) is 17.6. The molecule has 0 radical (unpaired) electrons. The number of amides is 2. The molecule has 0 unspecified atom stereocenters. The van der Waals surface area contributed by atoms with Gasteiger partial charge in [0, 0.05) is 30.1 Å². The lowest BCUT2D eigenvalue weighted by Crippen LogP contribution is -2.44. The van der Waals surface area contributed by atoms with Gasteiger partial charge in [-0.1, -0.05) is 0 Å². The molecule has 3 heterocycles. The number of H-pyrrole nitrogens is 1. The molecule has 4 aromatic rings. The maximum absolute atomic E-state index is 14.0. The van der Waals surface area contributed by atoms with Gasteiger partial charge >= 0.3 is 12.6 Å². The zero-order chi connectivity index (χ0) is 31.8. The molecule has 236 valence electrons. The fraction of sp³-hybridized carbons (Fsp3) is 0.333. The molecule has 0 bridgehead atoms. The van der Waals surface area contributed by atoms with Gasteiger partial charge in [-0.2, -0.15) is 13.9 Å². The Hall–Kier alpha value is -4.63. The molecule has 2 fully saturated rings. The van der Waals surface area contributed by atoms with Gasteiger partial charge in [0.25, 0.3) is 0 Å². The number of ether oxygens (including phenoxy) is 2. The number of alkyl halides is 2. The molecule has 45 heavy (non-hydrogen) atoms. The van der Waals surface area contributed by atoms with Gasteiger partial charge in [-0.15, -0.1) is 0 Å². The first-order valence-electron chi connectivity index (χ1n) is 14.3. The van der Waals surface area contributed by atoms with Crippen molar-refractivity contribution in [3.8, 4) is 17.1 Å². The number of aryl methyl sites for hydroxylation is 1. The topological polar surface area (TPSA) is 151 Å². The molecule has 1 aliphatic heterocycles. The summed E-state index contributed by atoms with van der Waals surface area (Å²) in [7, 11) is -3.97. The first kappa shape index (κ1) is 30.4. The number of carbonyl (C=O) groups is 1. The van der Waals surface area contributed by atoms with Crippen molar-refractivity contribution in [1.82, 2.24) is 20.2 Å². The Kier molecular flexibility index (Phi) is 8.14. The number of aromatic amines is 1. The minimum atomic E-state index is -3.97. The van der Waals surface area contributed by atoms with Crippen LogP contribution in [0.1, 0.15) is 31.2 Å². The average Bonchev–Trinajstić information content (AvgIpc) is 3.75. The van der Waals surface area contributed by atoms with Crippen LogP contribution in [-0.2, 0) is 19.3 Å². The average molecular weight is 640 g/mol. The molecule has 15 heteroatoms. The van der Waals surface area contributed by atoms with Crippen LogP contribution in [-0.4, -0.2) is 67.0 Å². The number of nitrogens with zero attached hydrogens (tertiary/aromatic N) is 4. The molecule has 1 atom stereocenters. The lowest BCUT2D eigenvalue weighted by molar-refractivity contribution is -0.0498. The fourth-order valence-corrected chi connectivity index (χ4v) is 7.25. The minimum Gasteiger partial charge on any atom is -0.435 e. The molecule has 0 spiro atoms. The van der Waals surface area contributed by atoms with Crippen molar-refractivity contribution < 1.29 is 31.5 Å². The van der Waals surface area contributed by atoms with Gasteiger partial charge in [-0.25, -0.2) is 23.2 Å². The second kappa shape index (κ2) is 12.0. The van der Waals surface area contributed by atoms with Gasteiger partial charge in [0.05, 0.1) is 41.2 Å². The molecule has 2 aliphatic rings. The summed E-state index contributed by atoms with van der Waals surface area (Å²) in [5, 5.41) is 12.2. The van der Waals surface area contributed by atoms with Crippen molar-refractivity contribution in [2.75, 3.05) is 35.3 Å². The van der Waals surface area contributed by atoms with Crippen molar-refractivity contribution in [2.24, 2.45) is 0 Å². The zero-order valence-corrected chi connectivity index (χ0v) is 25.3. The van der Waals surface area contributed by atoms with E-state index in [1.165, 1.54) is 24.3 Å². The summed E-state index contributed by atoms with van der Waals surface area (Å²) in [5.41, 5.74) is 2.70. The Balaban J connectivity index is 1.32. The summed E-state index contributed by atoms with van der Waals surface area (Å²) in [4.78, 5) is 24.1. The van der Waals surface area contributed by atoms with Crippen LogP contribution in [0.15, 0.2) is 65.7 Å². The van der Waals surface area contributed by atoms with E-state index in [9.17, 15) is 22.0 Å². The lowest BCUT2D eigenvalue weighted by atomic mass is 10.1. The maximum Gasteiger partial charge on any atom is 0.387 e. The third-order valence-corrected chi connectivity index (χ3v) is 10.4. The SMILES string of the molecule is Cc1n[nH]cc1NC(=O)Nc1ccc(-c2nc(N3CCOC[C@@H]3C)cc(C3(S(=O)(=O)c4ccc(OC(F)F)cc4)CC3)n2)cc1. The standard InChI is InChI=1S/C30H31F2N7O5S/c1-18-17-43-14-13-39(18)26-15-25(30(11-12-30)45(41,42)23-9-7-22(8-10-23)44-28(31)32)36-27(37-26)20-3-5-21(6-4-20)34-29(40)35-24-16-33-38-19(24)2/h3-10,15-16,18,28H,11-14,17H2,1-2H3,(H,33,38)(H2,34,35,40)/t18-/m0/s1. The molecule has 12 nitrogen and oxygen atoms in total. The minimum absolute atomic E-state index is 0.00700. The summed E-state index contributed by atoms with van der Waals surface area (Å²) >= 11 is 0. The quantitative estimate of drug-likeness (QED) is 0.227. The fourth-order valence-electron chi connectivity index (χ4n) is 5.29. The summed E-state index contributed by atoms with van der Waals surface area (Å²) in [6, 6.07) is 13.2. The summed E-state index contributed by atoms with van der Waals surface area (Å²) in [6.45, 7) is 2.30. The second-order valence-corrected chi connectivity index (χ2v) is 13.2. The highest BCUT2D eigenvalue weighted by atomic mass is 32.2. The first-order valence-corrected chi connectivity index (χ1v) is 15.8. The number of rotatable bonds is 9. The molecule has 1 saturated heterocycles. The molecule has 1 saturated carbocycles. The van der Waals surface area contributed by atoms with Crippen molar-refractivity contribution in [3.05, 3.63) is 72.2 Å². The van der Waals surface area contributed by atoms with Crippen LogP contribution in [0.3, 0.4) is 0 Å². The molecule has 6 rings (SSSR count). The molecule has 2 amide bonds. The summed E-state index contributed by atoms with van der Waals surface area (Å²) < 4.78 is 62.0. The predicted octanol–water partition coefficient (Wildman–Crippen LogP) is 5.11. The number of aromatic nitrogens is 4. The van der Waals surface area contributed by atoms with Crippen LogP contribution in [0.25, 0.3) is 11.4 Å². The monoisotopic (exact) mass is 639 g/mol. The number of halogens is 2. The third kappa shape index (κ3) is 6.17. The van der Waals surface area contributed by atoms with Gasteiger partial charge in [0.2, 0.25) is 0 Å². The first-order chi connectivity index (χ1) is 21.6. The number of sulfone groups is 1. The van der Waals surface area contributed by atoms with E-state index >= 15 is 0 Å². The van der Waals surface area contributed by atoms with Gasteiger partial charge in [0.15, 0.2) is 15.7 Å². The number of hydrogen-bond acceptors (Lipinski definition) is 9. The largest absolute Gasteiger partial charge is 0.435 e. The van der Waals surface area contributed by atoms with E-state index in [0.717, 1.165) is 0 Å². The van der Waals surface area contributed by atoms with Crippen LogP contribution in [0.5, 0.6) is 5.75 Å². The highest BCUT2D eigenvalue weighted by molar-refractivity contribution is 7.92. The van der Waals surface area contributed by atoms with Gasteiger partial charge in [-0.3, -0.25) is 5.10 Å². The molecular weight excluding hydrogens is 608 g/mol. The van der Waals surface area contributed by atoms with Crippen molar-refractivity contribution >= 4 is 33.1 Å². The van der Waals surface area contributed by atoms with E-state index in [-0.39, 0.29) is 16.7 Å². The zero-order valence-electron chi connectivity index (χ0n) is 24.5. The molecule has 2 aromatic heterocycles. The number of nitrogens with one attached hydrogen (secondary N) is 3. The highest BCUT2D eigenvalue weighted by Gasteiger charge is 2.58. The van der Waals surface area contributed by atoms with Gasteiger partial charge in [0.1, 0.15) is 16.3 Å². The third-order valence-electron chi connectivity index (χ3n) is 7.90. The number of anilines is 3. The van der Waals surface area contributed by atoms with Crippen LogP contribution >= 0.6 is 0 Å². The van der Waals surface area contributed by atoms with Crippen LogP contribution in [0, 0.1) is 6.92 Å². The number of morpholine rings is 1. The molecular formula is C30H31F2N7O5S. The maximum atomic E-state index is 14.0. The van der Waals surface area contributed by atoms with E-state index in [2.05, 4.69) is 30.5 Å². The summed E-state index contributed by atoms with van der Waals surface area (Å²) in [5.74, 6) is 0.770. The molecule has 1 aliphatic carbocycles. The van der Waals surface area contributed by atoms with Crippen molar-refractivity contribution in [2.45, 2.75) is 49.0 Å². The Bertz CT molecular complexity index is 1800. The molecule has 3 N–H and O–H groups in total. The van der Waals surface area contributed by atoms with Crippen molar-refractivity contribution in [1.29, 1.82) is 0 Å². The predicted molar refractivity (Wildman–Crippen MR) is 162 cm³/mol. The van der Waals surface area contributed by atoms with Crippen LogP contribution in [0.2, 0.25) is 0 Å². The van der Waals surface area contributed by atoms with Crippen LogP contribution in [0.4, 0.5) is 30.8 Å². The highest BCUT2D eigenvalue weighted by Crippen LogP contribution is 2.55. The smallest absolute Gasteiger partial charge is 0.387 e. The second-order valence-electron chi connectivity index (χ2n) is 10.9. The van der Waals surface area contributed by atoms with E-state index in [4.69, 9.17) is 14.7 Å².